The van der Waals surface area contributed by atoms with Gasteiger partial charge in [-0.15, -0.1) is 0 Å². The van der Waals surface area contributed by atoms with E-state index in [0.717, 1.165) is 38.3 Å². The van der Waals surface area contributed by atoms with E-state index >= 15 is 0 Å². The van der Waals surface area contributed by atoms with Gasteiger partial charge in [-0.05, 0) is 19.4 Å². The van der Waals surface area contributed by atoms with Crippen molar-refractivity contribution in [2.24, 2.45) is 5.92 Å². The fourth-order valence-electron chi connectivity index (χ4n) is 2.36. The third-order valence-corrected chi connectivity index (χ3v) is 3.22. The van der Waals surface area contributed by atoms with Gasteiger partial charge in [-0.3, -0.25) is 9.69 Å². The van der Waals surface area contributed by atoms with Crippen molar-refractivity contribution >= 4 is 5.91 Å². The number of carbonyl (C=O) groups is 1. The molecule has 0 aliphatic carbocycles. The first-order valence-electron chi connectivity index (χ1n) is 6.08. The van der Waals surface area contributed by atoms with E-state index in [-0.39, 0.29) is 11.8 Å². The number of rotatable bonds is 3. The molecule has 5 heteroatoms. The molecule has 1 N–H and O–H groups in total. The first-order chi connectivity index (χ1) is 8.16. The number of likely N-dealkylation sites (tertiary alicyclic amines) is 1. The highest BCUT2D eigenvalue weighted by molar-refractivity contribution is 5.78. The van der Waals surface area contributed by atoms with Crippen molar-refractivity contribution in [1.29, 1.82) is 0 Å². The molecule has 1 fully saturated rings. The van der Waals surface area contributed by atoms with Crippen molar-refractivity contribution < 1.29 is 4.79 Å². The highest BCUT2D eigenvalue weighted by Gasteiger charge is 2.26. The van der Waals surface area contributed by atoms with E-state index in [9.17, 15) is 4.79 Å². The van der Waals surface area contributed by atoms with Crippen LogP contribution in [-0.2, 0) is 11.3 Å². The van der Waals surface area contributed by atoms with E-state index in [4.69, 9.17) is 0 Å². The molecule has 0 bridgehead atoms. The molecule has 1 aliphatic heterocycles. The molecule has 0 saturated carbocycles. The highest BCUT2D eigenvalue weighted by Crippen LogP contribution is 2.19. The second-order valence-corrected chi connectivity index (χ2v) is 4.84. The minimum absolute atomic E-state index is 0.147. The van der Waals surface area contributed by atoms with Gasteiger partial charge < -0.3 is 9.88 Å². The number of H-pyrrole nitrogens is 1. The van der Waals surface area contributed by atoms with Crippen molar-refractivity contribution in [3.8, 4) is 0 Å². The average Bonchev–Trinajstić information content (AvgIpc) is 2.81. The van der Waals surface area contributed by atoms with Gasteiger partial charge >= 0.3 is 0 Å². The molecule has 2 rings (SSSR count). The maximum atomic E-state index is 11.9. The molecule has 1 aromatic heterocycles. The van der Waals surface area contributed by atoms with Crippen LogP contribution < -0.4 is 0 Å². The molecule has 1 aromatic rings. The zero-order chi connectivity index (χ0) is 12.3. The Morgan fingerprint density at radius 1 is 1.65 bits per heavy atom. The Morgan fingerprint density at radius 2 is 2.47 bits per heavy atom. The monoisotopic (exact) mass is 236 g/mol. The van der Waals surface area contributed by atoms with Crippen molar-refractivity contribution in [2.45, 2.75) is 19.4 Å². The number of hydrogen-bond acceptors (Lipinski definition) is 3. The van der Waals surface area contributed by atoms with Crippen molar-refractivity contribution in [2.75, 3.05) is 27.2 Å². The van der Waals surface area contributed by atoms with E-state index < -0.39 is 0 Å². The number of carbonyl (C=O) groups excluding carboxylic acids is 1. The van der Waals surface area contributed by atoms with E-state index in [0.29, 0.717) is 0 Å². The molecular formula is C12H20N4O. The highest BCUT2D eigenvalue weighted by atomic mass is 16.2. The smallest absolute Gasteiger partial charge is 0.226 e. The molecule has 0 radical (unpaired) electrons. The first kappa shape index (κ1) is 12.1. The molecule has 0 spiro atoms. The predicted octanol–water partition coefficient (Wildman–Crippen LogP) is 0.710. The molecule has 1 aliphatic rings. The largest absolute Gasteiger partial charge is 0.349 e. The number of amides is 1. The minimum Gasteiger partial charge on any atom is -0.349 e. The summed E-state index contributed by atoms with van der Waals surface area (Å²) in [5, 5.41) is 0. The van der Waals surface area contributed by atoms with Crippen molar-refractivity contribution in [3.05, 3.63) is 18.2 Å². The van der Waals surface area contributed by atoms with E-state index in [2.05, 4.69) is 14.9 Å². The Balaban J connectivity index is 1.91. The molecule has 5 nitrogen and oxygen atoms in total. The Morgan fingerprint density at radius 3 is 3.12 bits per heavy atom. The van der Waals surface area contributed by atoms with E-state index in [1.54, 1.807) is 11.1 Å². The number of nitrogens with zero attached hydrogens (tertiary/aromatic N) is 3. The van der Waals surface area contributed by atoms with Crippen molar-refractivity contribution in [1.82, 2.24) is 19.8 Å². The Bertz CT molecular complexity index is 361. The van der Waals surface area contributed by atoms with Crippen molar-refractivity contribution in [3.63, 3.8) is 0 Å². The zero-order valence-corrected chi connectivity index (χ0v) is 10.5. The molecule has 2 heterocycles. The summed E-state index contributed by atoms with van der Waals surface area (Å²) in [5.74, 6) is 1.37. The summed E-state index contributed by atoms with van der Waals surface area (Å²) < 4.78 is 0. The number of hydrogen-bond donors (Lipinski definition) is 1. The molecule has 1 amide bonds. The van der Waals surface area contributed by atoms with Gasteiger partial charge in [-0.25, -0.2) is 4.98 Å². The maximum absolute atomic E-state index is 11.9. The third-order valence-electron chi connectivity index (χ3n) is 3.22. The lowest BCUT2D eigenvalue weighted by Crippen LogP contribution is -2.42. The lowest BCUT2D eigenvalue weighted by molar-refractivity contribution is -0.134. The van der Waals surface area contributed by atoms with Gasteiger partial charge in [-0.1, -0.05) is 0 Å². The molecule has 0 aromatic carbocycles. The lowest BCUT2D eigenvalue weighted by Gasteiger charge is -2.32. The zero-order valence-electron chi connectivity index (χ0n) is 10.5. The van der Waals surface area contributed by atoms with Gasteiger partial charge in [0.25, 0.3) is 0 Å². The standard InChI is InChI=1S/C12H20N4O/c1-15(2)12(17)10-4-3-7-16(8-10)9-11-13-5-6-14-11/h5-6,10H,3-4,7-9H2,1-2H3,(H,13,14)/t10-/m1/s1. The number of imidazole rings is 1. The van der Waals surface area contributed by atoms with Crippen LogP contribution in [0.1, 0.15) is 18.7 Å². The summed E-state index contributed by atoms with van der Waals surface area (Å²) in [6, 6.07) is 0. The number of nitrogens with one attached hydrogen (secondary N) is 1. The Kier molecular flexibility index (Phi) is 3.78. The lowest BCUT2D eigenvalue weighted by atomic mass is 9.97. The van der Waals surface area contributed by atoms with Crippen LogP contribution >= 0.6 is 0 Å². The fourth-order valence-corrected chi connectivity index (χ4v) is 2.36. The van der Waals surface area contributed by atoms with Crippen LogP contribution in [0.25, 0.3) is 0 Å². The molecule has 1 atom stereocenters. The van der Waals surface area contributed by atoms with E-state index in [1.807, 2.05) is 20.3 Å². The van der Waals surface area contributed by atoms with Crippen LogP contribution in [0.3, 0.4) is 0 Å². The normalized spacial score (nSPS) is 21.4. The summed E-state index contributed by atoms with van der Waals surface area (Å²) in [6.07, 6.45) is 5.69. The van der Waals surface area contributed by atoms with Crippen LogP contribution in [0.4, 0.5) is 0 Å². The van der Waals surface area contributed by atoms with Crippen LogP contribution in [0, 0.1) is 5.92 Å². The maximum Gasteiger partial charge on any atom is 0.226 e. The third kappa shape index (κ3) is 3.06. The fraction of sp³-hybridized carbons (Fsp3) is 0.667. The summed E-state index contributed by atoms with van der Waals surface area (Å²) in [5.41, 5.74) is 0. The first-order valence-corrected chi connectivity index (χ1v) is 6.08. The van der Waals surface area contributed by atoms with Gasteiger partial charge in [0.1, 0.15) is 5.82 Å². The number of piperidine rings is 1. The predicted molar refractivity (Wildman–Crippen MR) is 65.3 cm³/mol. The van der Waals surface area contributed by atoms with E-state index in [1.165, 1.54) is 0 Å². The van der Waals surface area contributed by atoms with Crippen LogP contribution in [0.15, 0.2) is 12.4 Å². The number of aromatic nitrogens is 2. The number of aromatic amines is 1. The Labute approximate surface area is 102 Å². The van der Waals surface area contributed by atoms with Gasteiger partial charge in [0, 0.05) is 33.0 Å². The molecular weight excluding hydrogens is 216 g/mol. The SMILES string of the molecule is CN(C)C(=O)[C@@H]1CCCN(Cc2ncc[nH]2)C1. The summed E-state index contributed by atoms with van der Waals surface area (Å²) >= 11 is 0. The van der Waals surface area contributed by atoms with Crippen LogP contribution in [0.2, 0.25) is 0 Å². The average molecular weight is 236 g/mol. The molecule has 17 heavy (non-hydrogen) atoms. The quantitative estimate of drug-likeness (QED) is 0.841. The second-order valence-electron chi connectivity index (χ2n) is 4.84. The summed E-state index contributed by atoms with van der Waals surface area (Å²) in [6.45, 7) is 2.71. The molecule has 0 unspecified atom stereocenters. The van der Waals surface area contributed by atoms with Crippen LogP contribution in [-0.4, -0.2) is 52.9 Å². The van der Waals surface area contributed by atoms with Gasteiger partial charge in [0.2, 0.25) is 5.91 Å². The van der Waals surface area contributed by atoms with Crippen LogP contribution in [0.5, 0.6) is 0 Å². The second kappa shape index (κ2) is 5.31. The van der Waals surface area contributed by atoms with Gasteiger partial charge in [0.05, 0.1) is 12.5 Å². The van der Waals surface area contributed by atoms with Gasteiger partial charge in [-0.2, -0.15) is 0 Å². The molecule has 94 valence electrons. The minimum atomic E-state index is 0.147. The Hall–Kier alpha value is -1.36. The van der Waals surface area contributed by atoms with Gasteiger partial charge in [0.15, 0.2) is 0 Å². The molecule has 1 saturated heterocycles. The summed E-state index contributed by atoms with van der Waals surface area (Å²) in [7, 11) is 3.65. The summed E-state index contributed by atoms with van der Waals surface area (Å²) in [4.78, 5) is 23.2. The topological polar surface area (TPSA) is 52.2 Å².